The Morgan fingerprint density at radius 2 is 0.800 bits per heavy atom. The molecule has 30 heavy (non-hydrogen) atoms. The highest BCUT2D eigenvalue weighted by Gasteiger charge is 1.99. The van der Waals surface area contributed by atoms with Gasteiger partial charge in [-0.15, -0.1) is 11.8 Å². The highest BCUT2D eigenvalue weighted by Crippen LogP contribution is 2.16. The summed E-state index contributed by atoms with van der Waals surface area (Å²) in [7, 11) is 0. The number of rotatable bonds is 23. The molecule has 0 heterocycles. The summed E-state index contributed by atoms with van der Waals surface area (Å²) in [6, 6.07) is 0. The molecule has 2 radical (unpaired) electrons. The molecular formula is C30H56. The van der Waals surface area contributed by atoms with E-state index in [-0.39, 0.29) is 0 Å². The molecule has 0 nitrogen and oxygen atoms in total. The van der Waals surface area contributed by atoms with Crippen molar-refractivity contribution in [1.29, 1.82) is 0 Å². The zero-order chi connectivity index (χ0) is 22.0. The van der Waals surface area contributed by atoms with E-state index in [0.717, 1.165) is 31.6 Å². The summed E-state index contributed by atoms with van der Waals surface area (Å²) in [5.41, 5.74) is 0. The fourth-order valence-electron chi connectivity index (χ4n) is 4.24. The SMILES string of the molecule is [CH2]CCCCCCCCCCCCCCCC#CCCCCCCCC(C)CC[CH2]. The summed E-state index contributed by atoms with van der Waals surface area (Å²) in [6.07, 6.45) is 32.4. The van der Waals surface area contributed by atoms with Gasteiger partial charge >= 0.3 is 0 Å². The van der Waals surface area contributed by atoms with Crippen LogP contribution in [0.4, 0.5) is 0 Å². The predicted molar refractivity (Wildman–Crippen MR) is 138 cm³/mol. The Hall–Kier alpha value is -0.440. The molecule has 0 aliphatic rings. The van der Waals surface area contributed by atoms with Crippen LogP contribution >= 0.6 is 0 Å². The van der Waals surface area contributed by atoms with Crippen molar-refractivity contribution in [3.05, 3.63) is 13.8 Å². The molecule has 0 fully saturated rings. The molecule has 0 N–H and O–H groups in total. The van der Waals surface area contributed by atoms with Gasteiger partial charge in [-0.05, 0) is 18.8 Å². The third-order valence-corrected chi connectivity index (χ3v) is 6.37. The Morgan fingerprint density at radius 3 is 1.20 bits per heavy atom. The van der Waals surface area contributed by atoms with Gasteiger partial charge in [0.25, 0.3) is 0 Å². The van der Waals surface area contributed by atoms with E-state index in [1.165, 1.54) is 128 Å². The van der Waals surface area contributed by atoms with Crippen LogP contribution in [0.5, 0.6) is 0 Å². The molecule has 1 unspecified atom stereocenters. The minimum atomic E-state index is 0.877. The third kappa shape index (κ3) is 25.6. The first-order chi connectivity index (χ1) is 14.8. The minimum Gasteiger partial charge on any atom is -0.103 e. The van der Waals surface area contributed by atoms with Gasteiger partial charge in [0.15, 0.2) is 0 Å². The maximum Gasteiger partial charge on any atom is 0.00886 e. The average molecular weight is 417 g/mol. The summed E-state index contributed by atoms with van der Waals surface area (Å²) in [5, 5.41) is 0. The standard InChI is InChI=1S/C30H56/c1-4-6-7-8-9-10-11-12-13-14-15-16-17-18-19-20-21-22-23-24-25-26-27-29-30(3)28-5-2/h30H,1-2,4-19,22-29H2,3H3. The van der Waals surface area contributed by atoms with Gasteiger partial charge in [0.05, 0.1) is 0 Å². The van der Waals surface area contributed by atoms with Crippen LogP contribution in [-0.2, 0) is 0 Å². The maximum atomic E-state index is 3.95. The Bertz CT molecular complexity index is 358. The minimum absolute atomic E-state index is 0.877. The summed E-state index contributed by atoms with van der Waals surface area (Å²) in [4.78, 5) is 0. The second-order valence-electron chi connectivity index (χ2n) is 9.61. The van der Waals surface area contributed by atoms with E-state index in [2.05, 4.69) is 32.6 Å². The molecule has 0 aliphatic heterocycles. The topological polar surface area (TPSA) is 0 Å². The van der Waals surface area contributed by atoms with Crippen molar-refractivity contribution >= 4 is 0 Å². The van der Waals surface area contributed by atoms with Crippen molar-refractivity contribution in [1.82, 2.24) is 0 Å². The quantitative estimate of drug-likeness (QED) is 0.115. The van der Waals surface area contributed by atoms with Crippen LogP contribution in [0, 0.1) is 31.6 Å². The van der Waals surface area contributed by atoms with E-state index in [9.17, 15) is 0 Å². The van der Waals surface area contributed by atoms with Gasteiger partial charge in [0.2, 0.25) is 0 Å². The van der Waals surface area contributed by atoms with Crippen LogP contribution in [0.1, 0.15) is 161 Å². The van der Waals surface area contributed by atoms with Gasteiger partial charge in [-0.2, -0.15) is 0 Å². The number of hydrogen-bond acceptors (Lipinski definition) is 0. The fourth-order valence-corrected chi connectivity index (χ4v) is 4.24. The van der Waals surface area contributed by atoms with Crippen LogP contribution in [-0.4, -0.2) is 0 Å². The Balaban J connectivity index is 3.13. The van der Waals surface area contributed by atoms with Crippen LogP contribution in [0.3, 0.4) is 0 Å². The summed E-state index contributed by atoms with van der Waals surface area (Å²) in [5.74, 6) is 7.67. The molecule has 0 aromatic carbocycles. The molecule has 0 heteroatoms. The molecule has 0 amide bonds. The molecule has 176 valence electrons. The molecule has 1 atom stereocenters. The van der Waals surface area contributed by atoms with Crippen LogP contribution in [0.2, 0.25) is 0 Å². The lowest BCUT2D eigenvalue weighted by atomic mass is 9.98. The fraction of sp³-hybridized carbons (Fsp3) is 0.867. The summed E-state index contributed by atoms with van der Waals surface area (Å²) < 4.78 is 0. The number of hydrogen-bond donors (Lipinski definition) is 0. The van der Waals surface area contributed by atoms with E-state index < -0.39 is 0 Å². The van der Waals surface area contributed by atoms with Gasteiger partial charge in [0, 0.05) is 12.8 Å². The highest BCUT2D eigenvalue weighted by molar-refractivity contribution is 4.98. The average Bonchev–Trinajstić information content (AvgIpc) is 2.74. The zero-order valence-corrected chi connectivity index (χ0v) is 21.0. The van der Waals surface area contributed by atoms with Crippen molar-refractivity contribution in [3.63, 3.8) is 0 Å². The monoisotopic (exact) mass is 416 g/mol. The van der Waals surface area contributed by atoms with E-state index >= 15 is 0 Å². The van der Waals surface area contributed by atoms with Gasteiger partial charge in [-0.25, -0.2) is 0 Å². The van der Waals surface area contributed by atoms with Crippen LogP contribution in [0.15, 0.2) is 0 Å². The van der Waals surface area contributed by atoms with Crippen molar-refractivity contribution in [2.45, 2.75) is 161 Å². The lowest BCUT2D eigenvalue weighted by Crippen LogP contribution is -1.93. The largest absolute Gasteiger partial charge is 0.103 e. The van der Waals surface area contributed by atoms with Crippen LogP contribution in [0.25, 0.3) is 0 Å². The smallest absolute Gasteiger partial charge is 0.00886 e. The molecule has 0 rings (SSSR count). The predicted octanol–water partition coefficient (Wildman–Crippen LogP) is 10.7. The van der Waals surface area contributed by atoms with Gasteiger partial charge < -0.3 is 0 Å². The Morgan fingerprint density at radius 1 is 0.433 bits per heavy atom. The zero-order valence-electron chi connectivity index (χ0n) is 21.0. The molecule has 0 bridgehead atoms. The van der Waals surface area contributed by atoms with E-state index in [0.29, 0.717) is 0 Å². The van der Waals surface area contributed by atoms with Crippen molar-refractivity contribution in [2.24, 2.45) is 5.92 Å². The lowest BCUT2D eigenvalue weighted by Gasteiger charge is -2.08. The van der Waals surface area contributed by atoms with Gasteiger partial charge in [-0.1, -0.05) is 149 Å². The first-order valence-electron chi connectivity index (χ1n) is 13.9. The normalized spacial score (nSPS) is 12.0. The Labute approximate surface area is 192 Å². The van der Waals surface area contributed by atoms with Gasteiger partial charge in [-0.3, -0.25) is 0 Å². The van der Waals surface area contributed by atoms with Crippen molar-refractivity contribution in [3.8, 4) is 11.8 Å². The summed E-state index contributed by atoms with van der Waals surface area (Å²) >= 11 is 0. The molecule has 0 saturated heterocycles. The molecular weight excluding hydrogens is 360 g/mol. The van der Waals surface area contributed by atoms with Crippen molar-refractivity contribution in [2.75, 3.05) is 0 Å². The maximum absolute atomic E-state index is 3.95. The molecule has 0 saturated carbocycles. The van der Waals surface area contributed by atoms with E-state index in [1.807, 2.05) is 0 Å². The number of unbranched alkanes of at least 4 members (excludes halogenated alkanes) is 19. The first kappa shape index (κ1) is 29.6. The second kappa shape index (κ2) is 26.6. The molecule has 0 spiro atoms. The van der Waals surface area contributed by atoms with Gasteiger partial charge in [0.1, 0.15) is 0 Å². The van der Waals surface area contributed by atoms with Crippen LogP contribution < -0.4 is 0 Å². The summed E-state index contributed by atoms with van der Waals surface area (Å²) in [6.45, 7) is 10.2. The lowest BCUT2D eigenvalue weighted by molar-refractivity contribution is 0.459. The molecule has 0 aromatic heterocycles. The van der Waals surface area contributed by atoms with E-state index in [4.69, 9.17) is 0 Å². The first-order valence-corrected chi connectivity index (χ1v) is 13.9. The third-order valence-electron chi connectivity index (χ3n) is 6.37. The van der Waals surface area contributed by atoms with Crippen molar-refractivity contribution < 1.29 is 0 Å². The Kier molecular flexibility index (Phi) is 26.2. The van der Waals surface area contributed by atoms with E-state index in [1.54, 1.807) is 0 Å². The molecule has 0 aromatic rings. The molecule has 0 aliphatic carbocycles. The highest BCUT2D eigenvalue weighted by atomic mass is 14.1. The second-order valence-corrected chi connectivity index (χ2v) is 9.61.